The molecule has 0 aliphatic carbocycles. The molecule has 1 atom stereocenters. The van der Waals surface area contributed by atoms with Crippen LogP contribution in [0, 0.1) is 0 Å². The fourth-order valence-corrected chi connectivity index (χ4v) is 3.26. The molecule has 0 fully saturated rings. The Balaban J connectivity index is 1.96. The Morgan fingerprint density at radius 3 is 2.62 bits per heavy atom. The van der Waals surface area contributed by atoms with Gasteiger partial charge >= 0.3 is 0 Å². The van der Waals surface area contributed by atoms with Crippen LogP contribution in [0.1, 0.15) is 28.9 Å². The van der Waals surface area contributed by atoms with E-state index >= 15 is 0 Å². The van der Waals surface area contributed by atoms with Crippen molar-refractivity contribution in [1.82, 2.24) is 9.88 Å². The minimum absolute atomic E-state index is 0.0767. The summed E-state index contributed by atoms with van der Waals surface area (Å²) in [5, 5.41) is 1.96. The number of aromatic nitrogens is 1. The molecule has 0 spiro atoms. The number of para-hydroxylation sites is 1. The molecular weight excluding hydrogens is 343 g/mol. The van der Waals surface area contributed by atoms with Crippen molar-refractivity contribution < 1.29 is 4.79 Å². The van der Waals surface area contributed by atoms with Crippen LogP contribution in [0.5, 0.6) is 0 Å². The molecule has 5 heteroatoms. The van der Waals surface area contributed by atoms with Crippen molar-refractivity contribution in [1.29, 1.82) is 0 Å². The summed E-state index contributed by atoms with van der Waals surface area (Å²) in [6.07, 6.45) is 1.66. The molecule has 0 radical (unpaired) electrons. The zero-order valence-electron chi connectivity index (χ0n) is 13.3. The van der Waals surface area contributed by atoms with E-state index in [4.69, 9.17) is 23.2 Å². The first-order chi connectivity index (χ1) is 11.5. The molecule has 24 heavy (non-hydrogen) atoms. The highest BCUT2D eigenvalue weighted by Crippen LogP contribution is 2.30. The summed E-state index contributed by atoms with van der Waals surface area (Å²) in [4.78, 5) is 19.0. The standard InChI is InChI=1S/C19H16Cl2N2O/c1-12(14-8-7-13(20)11-17(14)21)23(2)19(24)16-9-10-22-18-6-4-3-5-15(16)18/h3-12H,1-2H3. The van der Waals surface area contributed by atoms with E-state index in [1.807, 2.05) is 37.3 Å². The summed E-state index contributed by atoms with van der Waals surface area (Å²) in [6, 6.07) is 14.5. The number of hydrogen-bond donors (Lipinski definition) is 0. The lowest BCUT2D eigenvalue weighted by atomic mass is 10.0. The second-order valence-corrected chi connectivity index (χ2v) is 6.48. The lowest BCUT2D eigenvalue weighted by Gasteiger charge is -2.26. The van der Waals surface area contributed by atoms with Crippen molar-refractivity contribution in [3.8, 4) is 0 Å². The minimum Gasteiger partial charge on any atom is -0.335 e. The van der Waals surface area contributed by atoms with Crippen LogP contribution in [0.4, 0.5) is 0 Å². The number of pyridine rings is 1. The van der Waals surface area contributed by atoms with Crippen LogP contribution in [0.15, 0.2) is 54.7 Å². The average Bonchev–Trinajstić information content (AvgIpc) is 2.59. The molecule has 3 nitrogen and oxygen atoms in total. The first kappa shape index (κ1) is 16.7. The number of fused-ring (bicyclic) bond motifs is 1. The van der Waals surface area contributed by atoms with Gasteiger partial charge in [0.15, 0.2) is 0 Å². The van der Waals surface area contributed by atoms with Crippen molar-refractivity contribution in [2.45, 2.75) is 13.0 Å². The van der Waals surface area contributed by atoms with Crippen molar-refractivity contribution in [3.05, 3.63) is 75.9 Å². The molecule has 1 unspecified atom stereocenters. The van der Waals surface area contributed by atoms with Gasteiger partial charge in [-0.25, -0.2) is 0 Å². The Morgan fingerprint density at radius 1 is 1.12 bits per heavy atom. The zero-order valence-corrected chi connectivity index (χ0v) is 14.8. The Hall–Kier alpha value is -2.10. The molecule has 0 bridgehead atoms. The van der Waals surface area contributed by atoms with E-state index in [2.05, 4.69) is 4.98 Å². The van der Waals surface area contributed by atoms with Gasteiger partial charge in [0.25, 0.3) is 5.91 Å². The van der Waals surface area contributed by atoms with Gasteiger partial charge in [0.05, 0.1) is 17.1 Å². The van der Waals surface area contributed by atoms with Crippen molar-refractivity contribution in [2.24, 2.45) is 0 Å². The zero-order chi connectivity index (χ0) is 17.3. The number of carbonyl (C=O) groups excluding carboxylic acids is 1. The van der Waals surface area contributed by atoms with Crippen LogP contribution >= 0.6 is 23.2 Å². The molecule has 122 valence electrons. The van der Waals surface area contributed by atoms with Crippen molar-refractivity contribution in [2.75, 3.05) is 7.05 Å². The maximum absolute atomic E-state index is 13.0. The Bertz CT molecular complexity index is 906. The molecule has 3 rings (SSSR count). The maximum Gasteiger partial charge on any atom is 0.254 e. The molecule has 2 aromatic carbocycles. The Labute approximate surface area is 150 Å². The quantitative estimate of drug-likeness (QED) is 0.629. The highest BCUT2D eigenvalue weighted by Gasteiger charge is 2.22. The van der Waals surface area contributed by atoms with Crippen LogP contribution in [0.3, 0.4) is 0 Å². The van der Waals surface area contributed by atoms with Crippen molar-refractivity contribution >= 4 is 40.0 Å². The van der Waals surface area contributed by atoms with Crippen LogP contribution < -0.4 is 0 Å². The van der Waals surface area contributed by atoms with Gasteiger partial charge in [-0.3, -0.25) is 9.78 Å². The predicted molar refractivity (Wildman–Crippen MR) is 98.7 cm³/mol. The molecule has 3 aromatic rings. The highest BCUT2D eigenvalue weighted by molar-refractivity contribution is 6.35. The summed E-state index contributed by atoms with van der Waals surface area (Å²) in [5.41, 5.74) is 2.28. The van der Waals surface area contributed by atoms with Crippen molar-refractivity contribution in [3.63, 3.8) is 0 Å². The minimum atomic E-state index is -0.186. The van der Waals surface area contributed by atoms with Gasteiger partial charge in [-0.15, -0.1) is 0 Å². The van der Waals surface area contributed by atoms with E-state index in [-0.39, 0.29) is 11.9 Å². The third-order valence-corrected chi connectivity index (χ3v) is 4.76. The van der Waals surface area contributed by atoms with Gasteiger partial charge in [-0.1, -0.05) is 47.5 Å². The van der Waals surface area contributed by atoms with Crippen LogP contribution in [0.25, 0.3) is 10.9 Å². The predicted octanol–water partition coefficient (Wildman–Crippen LogP) is 5.37. The number of rotatable bonds is 3. The largest absolute Gasteiger partial charge is 0.335 e. The molecule has 0 N–H and O–H groups in total. The first-order valence-electron chi connectivity index (χ1n) is 7.55. The SMILES string of the molecule is CC(c1ccc(Cl)cc1Cl)N(C)C(=O)c1ccnc2ccccc12. The first-order valence-corrected chi connectivity index (χ1v) is 8.30. The highest BCUT2D eigenvalue weighted by atomic mass is 35.5. The summed E-state index contributed by atoms with van der Waals surface area (Å²) in [5.74, 6) is -0.0767. The topological polar surface area (TPSA) is 33.2 Å². The Kier molecular flexibility index (Phi) is 4.74. The smallest absolute Gasteiger partial charge is 0.254 e. The third-order valence-electron chi connectivity index (χ3n) is 4.19. The number of benzene rings is 2. The number of amides is 1. The van der Waals surface area contributed by atoms with Gasteiger partial charge in [-0.2, -0.15) is 0 Å². The molecule has 0 aliphatic heterocycles. The maximum atomic E-state index is 13.0. The van der Waals surface area contributed by atoms with E-state index in [1.54, 1.807) is 36.3 Å². The summed E-state index contributed by atoms with van der Waals surface area (Å²) in [6.45, 7) is 1.94. The lowest BCUT2D eigenvalue weighted by Crippen LogP contribution is -2.30. The van der Waals surface area contributed by atoms with Gasteiger partial charge < -0.3 is 4.90 Å². The fourth-order valence-electron chi connectivity index (χ4n) is 2.70. The summed E-state index contributed by atoms with van der Waals surface area (Å²) >= 11 is 12.2. The van der Waals surface area contributed by atoms with Gasteiger partial charge in [0.1, 0.15) is 0 Å². The van der Waals surface area contributed by atoms with Crippen LogP contribution in [-0.4, -0.2) is 22.8 Å². The average molecular weight is 359 g/mol. The number of nitrogens with zero attached hydrogens (tertiary/aromatic N) is 2. The number of carbonyl (C=O) groups is 1. The van der Waals surface area contributed by atoms with E-state index in [0.717, 1.165) is 16.5 Å². The van der Waals surface area contributed by atoms with Gasteiger partial charge in [0.2, 0.25) is 0 Å². The molecular formula is C19H16Cl2N2O. The third kappa shape index (κ3) is 3.10. The van der Waals surface area contributed by atoms with E-state index in [0.29, 0.717) is 15.6 Å². The lowest BCUT2D eigenvalue weighted by molar-refractivity contribution is 0.0744. The summed E-state index contributed by atoms with van der Waals surface area (Å²) < 4.78 is 0. The monoisotopic (exact) mass is 358 g/mol. The fraction of sp³-hybridized carbons (Fsp3) is 0.158. The number of hydrogen-bond acceptors (Lipinski definition) is 2. The van der Waals surface area contributed by atoms with Crippen LogP contribution in [-0.2, 0) is 0 Å². The Morgan fingerprint density at radius 2 is 1.88 bits per heavy atom. The molecule has 0 aliphatic rings. The second kappa shape index (κ2) is 6.80. The van der Waals surface area contributed by atoms with E-state index in [1.165, 1.54) is 0 Å². The van der Waals surface area contributed by atoms with Gasteiger partial charge in [-0.05, 0) is 36.8 Å². The normalized spacial score (nSPS) is 12.2. The molecule has 1 aromatic heterocycles. The number of halogens is 2. The second-order valence-electron chi connectivity index (χ2n) is 5.63. The molecule has 1 amide bonds. The van der Waals surface area contributed by atoms with Crippen LogP contribution in [0.2, 0.25) is 10.0 Å². The summed E-state index contributed by atoms with van der Waals surface area (Å²) in [7, 11) is 1.77. The molecule has 0 saturated heterocycles. The molecule has 1 heterocycles. The van der Waals surface area contributed by atoms with E-state index in [9.17, 15) is 4.79 Å². The van der Waals surface area contributed by atoms with Gasteiger partial charge in [0, 0.05) is 28.7 Å². The van der Waals surface area contributed by atoms with E-state index < -0.39 is 0 Å². The molecule has 0 saturated carbocycles.